The molecule has 10 aromatic carbocycles. The van der Waals surface area contributed by atoms with Crippen LogP contribution < -0.4 is 0 Å². The molecule has 10 heteroatoms. The molecule has 2 aliphatic carbocycles. The Hall–Kier alpha value is -12.2. The first-order valence-electron chi connectivity index (χ1n) is 52.3. The molecule has 18 aromatic rings. The molecule has 8 heterocycles. The van der Waals surface area contributed by atoms with Crippen LogP contribution in [0.3, 0.4) is 0 Å². The maximum Gasteiger partial charge on any atom is 3.00 e. The monoisotopic (exact) mass is 2280 g/mol. The predicted octanol–water partition coefficient (Wildman–Crippen LogP) is 38.2. The number of aromatic nitrogens is 6. The zero-order valence-electron chi connectivity index (χ0n) is 84.6. The van der Waals surface area contributed by atoms with Crippen molar-refractivity contribution < 1.29 is 40.2 Å². The Bertz CT molecular complexity index is 6560. The number of benzene rings is 10. The fraction of sp³-hybridized carbons (Fsp3) is 0.269. The van der Waals surface area contributed by atoms with Gasteiger partial charge in [0, 0.05) is 48.0 Å². The number of unbranched alkanes of at least 4 members (excludes halogenated alkanes) is 20. The van der Waals surface area contributed by atoms with Gasteiger partial charge in [-0.15, -0.1) is 153 Å². The van der Waals surface area contributed by atoms with E-state index in [0.29, 0.717) is 0 Å². The molecule has 0 aliphatic heterocycles. The molecule has 0 bridgehead atoms. The second kappa shape index (κ2) is 56.3. The van der Waals surface area contributed by atoms with Gasteiger partial charge in [-0.2, -0.15) is 12.1 Å². The Kier molecular flexibility index (Phi) is 42.1. The molecular formula is C134H134Ir2N6S2. The average Bonchev–Trinajstić information content (AvgIpc) is 1.56. The van der Waals surface area contributed by atoms with Gasteiger partial charge in [-0.1, -0.05) is 390 Å². The Labute approximate surface area is 894 Å². The molecule has 730 valence electrons. The largest absolute Gasteiger partial charge is 3.00 e. The summed E-state index contributed by atoms with van der Waals surface area (Å²) in [5.74, 6) is 0. The minimum absolute atomic E-state index is 0. The van der Waals surface area contributed by atoms with Crippen LogP contribution in [0.1, 0.15) is 241 Å². The number of nitrogens with zero attached hydrogens (tertiary/aromatic N) is 6. The Morgan fingerprint density at radius 1 is 0.222 bits per heavy atom. The van der Waals surface area contributed by atoms with E-state index >= 15 is 0 Å². The Balaban J connectivity index is 0.000000273. The third-order valence-corrected chi connectivity index (χ3v) is 29.3. The van der Waals surface area contributed by atoms with Gasteiger partial charge in [0.05, 0.1) is 0 Å². The third kappa shape index (κ3) is 28.3. The standard InChI is InChI=1S/C94H106N2.2C11H8N.2C9H6NS.2Ir/c1-7-11-15-19-23-29-57-93(58-30-24-20-16-12-8-2)87-64-70(6)38-52-81(87)83-55-50-78(68-89(83)93)80-53-47-75(65-86(80)72-41-45-74(46-42-72)92-36-28-34-62-96-92)76-48-54-82-84-56-49-77(79-51-37-69(5)63-85(79)71-39-43-73(44-40-71)91-35-27-33-61-95-91)67-90(84)94(88(82)66-76,59-31-25-21-17-13-9-3)60-32-26-22-18-14-10-4;2*1-2-6-10(7-3-1)11-8-4-5-9-12-11;2*1-2-5-10-9(3-1)8-4-6-11-7-8;;/h27-28,33-43,45,47-56,61-68H,7-26,29-32,57-60H2,1-6H3;2*1-6,8-9H;2*1-6H;;/q-2;4*-1;2*+3. The van der Waals surface area contributed by atoms with E-state index in [9.17, 15) is 0 Å². The number of hydrogen-bond acceptors (Lipinski definition) is 8. The molecule has 0 atom stereocenters. The van der Waals surface area contributed by atoms with Crippen molar-refractivity contribution in [1.29, 1.82) is 0 Å². The number of hydrogen-bond donors (Lipinski definition) is 0. The zero-order valence-corrected chi connectivity index (χ0v) is 91.0. The van der Waals surface area contributed by atoms with E-state index in [0.717, 1.165) is 80.4 Å². The number of thiophene rings is 2. The Morgan fingerprint density at radius 2 is 0.500 bits per heavy atom. The van der Waals surface area contributed by atoms with Gasteiger partial charge >= 0.3 is 40.2 Å². The normalized spacial score (nSPS) is 11.9. The zero-order chi connectivity index (χ0) is 97.6. The van der Waals surface area contributed by atoms with Gasteiger partial charge in [-0.3, -0.25) is 22.7 Å². The van der Waals surface area contributed by atoms with E-state index in [1.807, 2.05) is 169 Å². The molecule has 0 unspecified atom stereocenters. The average molecular weight is 2280 g/mol. The first-order valence-corrected chi connectivity index (χ1v) is 54.1. The quantitative estimate of drug-likeness (QED) is 0.0282. The van der Waals surface area contributed by atoms with Crippen molar-refractivity contribution in [3.8, 4) is 145 Å². The molecule has 6 nitrogen and oxygen atoms in total. The second-order valence-corrected chi connectivity index (χ2v) is 39.5. The number of rotatable bonds is 39. The smallest absolute Gasteiger partial charge is 0.305 e. The van der Waals surface area contributed by atoms with Crippen LogP contribution in [0.15, 0.2) is 363 Å². The van der Waals surface area contributed by atoms with E-state index in [-0.39, 0.29) is 51.0 Å². The maximum atomic E-state index is 4.76. The molecule has 144 heavy (non-hydrogen) atoms. The maximum absolute atomic E-state index is 4.76. The molecule has 0 radical (unpaired) electrons. The molecule has 8 aromatic heterocycles. The van der Waals surface area contributed by atoms with Gasteiger partial charge in [0.1, 0.15) is 0 Å². The van der Waals surface area contributed by atoms with E-state index < -0.39 is 0 Å². The fourth-order valence-electron chi connectivity index (χ4n) is 20.6. The molecule has 20 rings (SSSR count). The van der Waals surface area contributed by atoms with Gasteiger partial charge in [-0.25, -0.2) is 0 Å². The number of aryl methyl sites for hydroxylation is 2. The van der Waals surface area contributed by atoms with Crippen molar-refractivity contribution in [2.24, 2.45) is 0 Å². The molecule has 0 amide bonds. The van der Waals surface area contributed by atoms with Crippen LogP contribution in [0.4, 0.5) is 0 Å². The first kappa shape index (κ1) is 108. The van der Waals surface area contributed by atoms with Gasteiger partial charge < -0.3 is 29.9 Å². The van der Waals surface area contributed by atoms with Gasteiger partial charge in [0.2, 0.25) is 0 Å². The predicted molar refractivity (Wildman–Crippen MR) is 601 cm³/mol. The minimum atomic E-state index is -0.133. The third-order valence-electron chi connectivity index (χ3n) is 28.1. The SMILES string of the molecule is CCCCCCCCC1(CCCCCCCC)c2cc(C)ccc2-c2ccc(-c3ccc(-c4ccc5c(c4)C(CCCCCCCC)(CCCCCCCC)c4cc(-c6ccc(C)cc6-c6c[c-]c(-c7ccccn7)cc6)ccc4-5)cc3-c3c[c-]c(-c4ccccn4)cc3)cc21.[Ir+3].[Ir+3].[c-]1ccccc1-c1ccccn1.[c-]1ccccc1-c1ccccn1.[c-]1sccc1-c1ccccn1.[c-]1sccc1-c1ccccn1. The summed E-state index contributed by atoms with van der Waals surface area (Å²) in [6.45, 7) is 13.9. The van der Waals surface area contributed by atoms with Crippen molar-refractivity contribution in [3.63, 3.8) is 0 Å². The van der Waals surface area contributed by atoms with Gasteiger partial charge in [0.15, 0.2) is 0 Å². The summed E-state index contributed by atoms with van der Waals surface area (Å²) < 4.78 is 0. The van der Waals surface area contributed by atoms with Gasteiger partial charge in [-0.05, 0) is 206 Å². The summed E-state index contributed by atoms with van der Waals surface area (Å²) in [6, 6.07) is 127. The minimum Gasteiger partial charge on any atom is -0.305 e. The van der Waals surface area contributed by atoms with Crippen molar-refractivity contribution >= 4 is 22.7 Å². The summed E-state index contributed by atoms with van der Waals surface area (Å²) in [7, 11) is 0. The van der Waals surface area contributed by atoms with E-state index in [4.69, 9.17) is 4.98 Å². The number of pyridine rings is 6. The number of fused-ring (bicyclic) bond motifs is 6. The molecular weight excluding hydrogens is 2140 g/mol. The topological polar surface area (TPSA) is 77.3 Å². The molecule has 0 saturated carbocycles. The van der Waals surface area contributed by atoms with Crippen LogP contribution in [-0.2, 0) is 51.0 Å². The van der Waals surface area contributed by atoms with Crippen LogP contribution >= 0.6 is 22.7 Å². The fourth-order valence-corrected chi connectivity index (χ4v) is 21.8. The van der Waals surface area contributed by atoms with E-state index in [1.54, 1.807) is 58.6 Å². The van der Waals surface area contributed by atoms with Crippen molar-refractivity contribution in [1.82, 2.24) is 29.9 Å². The summed E-state index contributed by atoms with van der Waals surface area (Å²) >= 11 is 3.14. The molecule has 0 saturated heterocycles. The first-order chi connectivity index (χ1) is 70.1. The van der Waals surface area contributed by atoms with Crippen molar-refractivity contribution in [2.45, 2.75) is 232 Å². The molecule has 0 fully saturated rings. The van der Waals surface area contributed by atoms with Crippen LogP contribution in [-0.4, -0.2) is 29.9 Å². The van der Waals surface area contributed by atoms with Crippen LogP contribution in [0.25, 0.3) is 145 Å². The van der Waals surface area contributed by atoms with Crippen LogP contribution in [0.2, 0.25) is 0 Å². The van der Waals surface area contributed by atoms with E-state index in [2.05, 4.69) is 271 Å². The van der Waals surface area contributed by atoms with Crippen molar-refractivity contribution in [2.75, 3.05) is 0 Å². The van der Waals surface area contributed by atoms with E-state index in [1.165, 1.54) is 267 Å². The molecule has 0 N–H and O–H groups in total. The Morgan fingerprint density at radius 3 is 0.819 bits per heavy atom. The van der Waals surface area contributed by atoms with Crippen molar-refractivity contribution in [3.05, 3.63) is 432 Å². The van der Waals surface area contributed by atoms with Crippen LogP contribution in [0, 0.1) is 48.9 Å². The summed E-state index contributed by atoms with van der Waals surface area (Å²) in [5, 5.41) is 10.3. The van der Waals surface area contributed by atoms with Crippen LogP contribution in [0.5, 0.6) is 0 Å². The molecule has 0 spiro atoms. The second-order valence-electron chi connectivity index (χ2n) is 38.1. The van der Waals surface area contributed by atoms with Gasteiger partial charge in [0.25, 0.3) is 0 Å². The summed E-state index contributed by atoms with van der Waals surface area (Å²) in [4.78, 5) is 26.2. The summed E-state index contributed by atoms with van der Waals surface area (Å²) in [6.07, 6.45) is 46.7. The molecule has 2 aliphatic rings. The summed E-state index contributed by atoms with van der Waals surface area (Å²) in [5.41, 5.74) is 39.0.